The van der Waals surface area contributed by atoms with E-state index in [1.165, 1.54) is 0 Å². The van der Waals surface area contributed by atoms with Gasteiger partial charge in [0.2, 0.25) is 0 Å². The number of hydrogen-bond acceptors (Lipinski definition) is 4. The molecule has 6 heteroatoms. The van der Waals surface area contributed by atoms with Crippen molar-refractivity contribution < 1.29 is 19.4 Å². The molecule has 1 aromatic rings. The van der Waals surface area contributed by atoms with Crippen molar-refractivity contribution in [3.05, 3.63) is 22.2 Å². The highest BCUT2D eigenvalue weighted by molar-refractivity contribution is 6.32. The average molecular weight is 300 g/mol. The van der Waals surface area contributed by atoms with Gasteiger partial charge in [0, 0.05) is 5.56 Å². The molecule has 0 bridgehead atoms. The first-order valence-corrected chi connectivity index (χ1v) is 6.88. The number of carboxylic acids is 1. The molecule has 3 N–H and O–H groups in total. The van der Waals surface area contributed by atoms with Gasteiger partial charge in [-0.25, -0.2) is 0 Å². The summed E-state index contributed by atoms with van der Waals surface area (Å²) in [5.41, 5.74) is 7.34. The largest absolute Gasteiger partial charge is 0.486 e. The number of carboxylic acid groups (broad SMARTS) is 1. The molecule has 2 rings (SSSR count). The highest BCUT2D eigenvalue weighted by atomic mass is 35.5. The van der Waals surface area contributed by atoms with Gasteiger partial charge in [0.1, 0.15) is 19.3 Å². The van der Waals surface area contributed by atoms with Gasteiger partial charge in [-0.2, -0.15) is 0 Å². The molecule has 110 valence electrons. The van der Waals surface area contributed by atoms with E-state index in [0.717, 1.165) is 11.1 Å². The zero-order valence-electron chi connectivity index (χ0n) is 11.5. The fraction of sp³-hybridized carbons (Fsp3) is 0.500. The Morgan fingerprint density at radius 1 is 1.40 bits per heavy atom. The van der Waals surface area contributed by atoms with E-state index in [1.807, 2.05) is 13.8 Å². The molecule has 0 saturated carbocycles. The lowest BCUT2D eigenvalue weighted by Crippen LogP contribution is -2.32. The van der Waals surface area contributed by atoms with E-state index in [-0.39, 0.29) is 12.3 Å². The minimum Gasteiger partial charge on any atom is -0.486 e. The van der Waals surface area contributed by atoms with Crippen LogP contribution in [0.1, 0.15) is 30.9 Å². The molecule has 1 heterocycles. The number of benzene rings is 1. The Hall–Kier alpha value is -1.46. The Labute approximate surface area is 122 Å². The summed E-state index contributed by atoms with van der Waals surface area (Å²) < 4.78 is 11.2. The molecule has 1 aromatic carbocycles. The third-order valence-corrected chi connectivity index (χ3v) is 3.51. The van der Waals surface area contributed by atoms with Crippen LogP contribution in [0, 0.1) is 0 Å². The van der Waals surface area contributed by atoms with Crippen LogP contribution in [0.15, 0.2) is 6.07 Å². The van der Waals surface area contributed by atoms with Gasteiger partial charge in [-0.15, -0.1) is 0 Å². The lowest BCUT2D eigenvalue weighted by atomic mass is 9.91. The number of rotatable bonds is 4. The molecule has 0 aromatic heterocycles. The summed E-state index contributed by atoms with van der Waals surface area (Å²) >= 11 is 6.19. The smallest absolute Gasteiger partial charge is 0.320 e. The first-order chi connectivity index (χ1) is 9.41. The molecule has 0 aliphatic carbocycles. The van der Waals surface area contributed by atoms with Gasteiger partial charge in [0.05, 0.1) is 5.02 Å². The molecule has 0 radical (unpaired) electrons. The molecule has 20 heavy (non-hydrogen) atoms. The summed E-state index contributed by atoms with van der Waals surface area (Å²) in [6.07, 6.45) is 0.208. The quantitative estimate of drug-likeness (QED) is 0.890. The van der Waals surface area contributed by atoms with Gasteiger partial charge in [-0.1, -0.05) is 25.4 Å². The zero-order valence-corrected chi connectivity index (χ0v) is 12.2. The summed E-state index contributed by atoms with van der Waals surface area (Å²) in [7, 11) is 0. The van der Waals surface area contributed by atoms with E-state index in [4.69, 9.17) is 31.9 Å². The summed E-state index contributed by atoms with van der Waals surface area (Å²) in [4.78, 5) is 10.9. The number of ether oxygens (including phenoxy) is 2. The van der Waals surface area contributed by atoms with Crippen molar-refractivity contribution >= 4 is 17.6 Å². The Balaban J connectivity index is 2.50. The molecule has 0 amide bonds. The van der Waals surface area contributed by atoms with Crippen molar-refractivity contribution in [1.82, 2.24) is 0 Å². The summed E-state index contributed by atoms with van der Waals surface area (Å²) in [6, 6.07) is 0.763. The monoisotopic (exact) mass is 299 g/mol. The predicted octanol–water partition coefficient (Wildman–Crippen LogP) is 2.19. The minimum absolute atomic E-state index is 0.152. The Morgan fingerprint density at radius 3 is 2.55 bits per heavy atom. The van der Waals surface area contributed by atoms with E-state index >= 15 is 0 Å². The first-order valence-electron chi connectivity index (χ1n) is 6.51. The fourth-order valence-electron chi connectivity index (χ4n) is 2.36. The van der Waals surface area contributed by atoms with Crippen molar-refractivity contribution in [3.8, 4) is 11.5 Å². The van der Waals surface area contributed by atoms with E-state index in [1.54, 1.807) is 6.07 Å². The summed E-state index contributed by atoms with van der Waals surface area (Å²) in [6.45, 7) is 4.93. The molecule has 0 spiro atoms. The second kappa shape index (κ2) is 5.89. The number of halogens is 1. The summed E-state index contributed by atoms with van der Waals surface area (Å²) in [5.74, 6) is 0.269. The van der Waals surface area contributed by atoms with Crippen LogP contribution < -0.4 is 15.2 Å². The van der Waals surface area contributed by atoms with Gasteiger partial charge in [0.25, 0.3) is 0 Å². The highest BCUT2D eigenvalue weighted by Gasteiger charge is 2.26. The molecule has 1 aliphatic heterocycles. The van der Waals surface area contributed by atoms with E-state index in [9.17, 15) is 4.79 Å². The lowest BCUT2D eigenvalue weighted by Gasteiger charge is -2.26. The van der Waals surface area contributed by atoms with Gasteiger partial charge in [-0.3, -0.25) is 4.79 Å². The third-order valence-electron chi connectivity index (χ3n) is 3.23. The van der Waals surface area contributed by atoms with Crippen molar-refractivity contribution in [2.45, 2.75) is 32.2 Å². The lowest BCUT2D eigenvalue weighted by molar-refractivity contribution is -0.138. The van der Waals surface area contributed by atoms with Crippen molar-refractivity contribution in [2.24, 2.45) is 5.73 Å². The summed E-state index contributed by atoms with van der Waals surface area (Å²) in [5, 5.41) is 9.39. The Morgan fingerprint density at radius 2 is 2.00 bits per heavy atom. The predicted molar refractivity (Wildman–Crippen MR) is 75.8 cm³/mol. The van der Waals surface area contributed by atoms with Crippen molar-refractivity contribution in [2.75, 3.05) is 13.2 Å². The second-order valence-electron chi connectivity index (χ2n) is 5.09. The minimum atomic E-state index is -1.04. The third kappa shape index (κ3) is 2.83. The molecule has 1 atom stereocenters. The van der Waals surface area contributed by atoms with Crippen LogP contribution in [0.5, 0.6) is 11.5 Å². The second-order valence-corrected chi connectivity index (χ2v) is 5.50. The number of nitrogens with two attached hydrogens (primary N) is 1. The van der Waals surface area contributed by atoms with Gasteiger partial charge in [0.15, 0.2) is 11.5 Å². The zero-order chi connectivity index (χ0) is 14.9. The molecule has 1 aliphatic rings. The number of carbonyl (C=O) groups is 1. The fourth-order valence-corrected chi connectivity index (χ4v) is 2.64. The molecular weight excluding hydrogens is 282 g/mol. The topological polar surface area (TPSA) is 81.8 Å². The molecule has 1 unspecified atom stereocenters. The van der Waals surface area contributed by atoms with Gasteiger partial charge < -0.3 is 20.3 Å². The van der Waals surface area contributed by atoms with Crippen LogP contribution in [0.25, 0.3) is 0 Å². The van der Waals surface area contributed by atoms with Crippen LogP contribution in [-0.4, -0.2) is 30.3 Å². The number of aliphatic carboxylic acids is 1. The average Bonchev–Trinajstić information content (AvgIpc) is 2.38. The Bertz CT molecular complexity index is 530. The van der Waals surface area contributed by atoms with Crippen LogP contribution in [0.4, 0.5) is 0 Å². The van der Waals surface area contributed by atoms with Gasteiger partial charge >= 0.3 is 5.97 Å². The number of fused-ring (bicyclic) bond motifs is 1. The van der Waals surface area contributed by atoms with Crippen molar-refractivity contribution in [1.29, 1.82) is 0 Å². The van der Waals surface area contributed by atoms with Crippen LogP contribution in [0.3, 0.4) is 0 Å². The molecular formula is C14H18ClNO4. The van der Waals surface area contributed by atoms with E-state index in [0.29, 0.717) is 29.7 Å². The van der Waals surface area contributed by atoms with E-state index in [2.05, 4.69) is 0 Å². The standard InChI is InChI=1S/C14H18ClNO4/c1-7(2)11-8(6-10(16)14(17)18)5-9(15)12-13(11)20-4-3-19-12/h5,7,10H,3-4,6,16H2,1-2H3,(H,17,18). The maximum atomic E-state index is 10.9. The molecule has 0 fully saturated rings. The van der Waals surface area contributed by atoms with Crippen LogP contribution >= 0.6 is 11.6 Å². The number of hydrogen-bond donors (Lipinski definition) is 2. The maximum absolute atomic E-state index is 10.9. The van der Waals surface area contributed by atoms with Crippen LogP contribution in [0.2, 0.25) is 5.02 Å². The van der Waals surface area contributed by atoms with Gasteiger partial charge in [-0.05, 0) is 24.0 Å². The normalized spacial score (nSPS) is 15.2. The van der Waals surface area contributed by atoms with Crippen molar-refractivity contribution in [3.63, 3.8) is 0 Å². The highest BCUT2D eigenvalue weighted by Crippen LogP contribution is 2.45. The Kier molecular flexibility index (Phi) is 4.40. The SMILES string of the molecule is CC(C)c1c(CC(N)C(=O)O)cc(Cl)c2c1OCCO2. The molecule has 5 nitrogen and oxygen atoms in total. The molecule has 0 saturated heterocycles. The van der Waals surface area contributed by atoms with Crippen LogP contribution in [-0.2, 0) is 11.2 Å². The van der Waals surface area contributed by atoms with E-state index < -0.39 is 12.0 Å². The maximum Gasteiger partial charge on any atom is 0.320 e. The first kappa shape index (κ1) is 14.9.